The zero-order chi connectivity index (χ0) is 15.5. The number of nitrogens with zero attached hydrogens (tertiary/aromatic N) is 1. The molecule has 0 spiro atoms. The molecule has 4 nitrogen and oxygen atoms in total. The molecule has 2 rings (SSSR count). The van der Waals surface area contributed by atoms with Crippen molar-refractivity contribution in [2.24, 2.45) is 5.10 Å². The first-order chi connectivity index (χ1) is 9.88. The second-order valence-corrected chi connectivity index (χ2v) is 6.74. The topological polar surface area (TPSA) is 58.5 Å². The summed E-state index contributed by atoms with van der Waals surface area (Å²) in [5.41, 5.74) is 2.31. The van der Waals surface area contributed by atoms with Crippen molar-refractivity contribution in [3.05, 3.63) is 64.2 Å². The maximum Gasteiger partial charge on any atom is 0.276 e. The van der Waals surface area contributed by atoms with Crippen molar-refractivity contribution < 1.29 is 8.42 Å². The molecule has 0 radical (unpaired) electrons. The number of sulfonamides is 1. The van der Waals surface area contributed by atoms with Gasteiger partial charge in [0.25, 0.3) is 10.0 Å². The van der Waals surface area contributed by atoms with E-state index in [0.29, 0.717) is 10.6 Å². The van der Waals surface area contributed by atoms with E-state index in [0.717, 1.165) is 11.1 Å². The fourth-order valence-corrected chi connectivity index (χ4v) is 3.01. The van der Waals surface area contributed by atoms with E-state index in [9.17, 15) is 8.42 Å². The van der Waals surface area contributed by atoms with Crippen molar-refractivity contribution in [3.8, 4) is 0 Å². The van der Waals surface area contributed by atoms with Gasteiger partial charge in [-0.3, -0.25) is 0 Å². The molecule has 21 heavy (non-hydrogen) atoms. The van der Waals surface area contributed by atoms with Crippen LogP contribution in [0, 0.1) is 13.8 Å². The van der Waals surface area contributed by atoms with Crippen molar-refractivity contribution >= 4 is 27.8 Å². The Labute approximate surface area is 129 Å². The minimum atomic E-state index is -3.67. The molecule has 0 atom stereocenters. The van der Waals surface area contributed by atoms with E-state index in [1.807, 2.05) is 13.0 Å². The fraction of sp³-hybridized carbons (Fsp3) is 0.133. The summed E-state index contributed by atoms with van der Waals surface area (Å²) in [5.74, 6) is 0. The quantitative estimate of drug-likeness (QED) is 0.693. The first-order valence-electron chi connectivity index (χ1n) is 6.26. The summed E-state index contributed by atoms with van der Waals surface area (Å²) in [6.45, 7) is 3.59. The van der Waals surface area contributed by atoms with Gasteiger partial charge in [0.2, 0.25) is 0 Å². The highest BCUT2D eigenvalue weighted by Gasteiger charge is 2.15. The highest BCUT2D eigenvalue weighted by molar-refractivity contribution is 7.89. The average molecular weight is 323 g/mol. The number of rotatable bonds is 4. The molecule has 0 saturated carbocycles. The molecule has 0 aliphatic carbocycles. The second kappa shape index (κ2) is 6.28. The van der Waals surface area contributed by atoms with E-state index >= 15 is 0 Å². The molecule has 0 amide bonds. The van der Waals surface area contributed by atoms with Crippen LogP contribution >= 0.6 is 11.6 Å². The second-order valence-electron chi connectivity index (χ2n) is 4.67. The summed E-state index contributed by atoms with van der Waals surface area (Å²) in [4.78, 5) is 2.45. The number of hydrogen-bond acceptors (Lipinski definition) is 3. The summed E-state index contributed by atoms with van der Waals surface area (Å²) in [6, 6.07) is 12.2. The normalized spacial score (nSPS) is 11.8. The SMILES string of the molecule is Cc1ccc(C)c(S(=O)(=O)N/N=C\c2ccc(Cl)cc2)c1. The van der Waals surface area contributed by atoms with E-state index in [2.05, 4.69) is 9.93 Å². The van der Waals surface area contributed by atoms with Gasteiger partial charge in [0.1, 0.15) is 0 Å². The van der Waals surface area contributed by atoms with Crippen LogP contribution in [0.25, 0.3) is 0 Å². The van der Waals surface area contributed by atoms with Gasteiger partial charge in [-0.2, -0.15) is 13.5 Å². The van der Waals surface area contributed by atoms with Crippen molar-refractivity contribution in [1.82, 2.24) is 4.83 Å². The first-order valence-corrected chi connectivity index (χ1v) is 8.12. The van der Waals surface area contributed by atoms with Crippen LogP contribution in [0.5, 0.6) is 0 Å². The van der Waals surface area contributed by atoms with Crippen molar-refractivity contribution in [2.75, 3.05) is 0 Å². The number of halogens is 1. The van der Waals surface area contributed by atoms with E-state index in [1.54, 1.807) is 43.3 Å². The number of hydrazone groups is 1. The van der Waals surface area contributed by atoms with Crippen molar-refractivity contribution in [1.29, 1.82) is 0 Å². The van der Waals surface area contributed by atoms with Gasteiger partial charge in [0.05, 0.1) is 11.1 Å². The van der Waals surface area contributed by atoms with Gasteiger partial charge >= 0.3 is 0 Å². The number of aryl methyl sites for hydroxylation is 2. The molecule has 0 aliphatic rings. The zero-order valence-electron chi connectivity index (χ0n) is 11.7. The van der Waals surface area contributed by atoms with Crippen LogP contribution in [0.1, 0.15) is 16.7 Å². The largest absolute Gasteiger partial charge is 0.276 e. The molecule has 0 fully saturated rings. The van der Waals surface area contributed by atoms with Crippen LogP contribution in [0.15, 0.2) is 52.5 Å². The van der Waals surface area contributed by atoms with E-state index < -0.39 is 10.0 Å². The van der Waals surface area contributed by atoms with Crippen LogP contribution < -0.4 is 4.83 Å². The van der Waals surface area contributed by atoms with E-state index in [4.69, 9.17) is 11.6 Å². The maximum atomic E-state index is 12.2. The molecule has 0 saturated heterocycles. The van der Waals surface area contributed by atoms with E-state index in [1.165, 1.54) is 6.21 Å². The van der Waals surface area contributed by atoms with Gasteiger partial charge < -0.3 is 0 Å². The summed E-state index contributed by atoms with van der Waals surface area (Å²) >= 11 is 5.77. The third-order valence-corrected chi connectivity index (χ3v) is 4.51. The van der Waals surface area contributed by atoms with E-state index in [-0.39, 0.29) is 4.90 Å². The average Bonchev–Trinajstić information content (AvgIpc) is 2.43. The van der Waals surface area contributed by atoms with Crippen LogP contribution in [-0.4, -0.2) is 14.6 Å². The third kappa shape index (κ3) is 4.06. The molecule has 110 valence electrons. The summed E-state index contributed by atoms with van der Waals surface area (Å²) in [5, 5.41) is 4.40. The molecular weight excluding hydrogens is 308 g/mol. The Hall–Kier alpha value is -1.85. The van der Waals surface area contributed by atoms with Gasteiger partial charge in [0, 0.05) is 5.02 Å². The van der Waals surface area contributed by atoms with Crippen LogP contribution in [0.3, 0.4) is 0 Å². The fourth-order valence-electron chi connectivity index (χ4n) is 1.77. The molecule has 0 bridgehead atoms. The Kier molecular flexibility index (Phi) is 4.65. The third-order valence-electron chi connectivity index (χ3n) is 2.89. The van der Waals surface area contributed by atoms with Gasteiger partial charge in [-0.1, -0.05) is 35.9 Å². The lowest BCUT2D eigenvalue weighted by atomic mass is 10.2. The van der Waals surface area contributed by atoms with Crippen molar-refractivity contribution in [2.45, 2.75) is 18.7 Å². The molecule has 0 aromatic heterocycles. The van der Waals surface area contributed by atoms with Gasteiger partial charge in [-0.25, -0.2) is 4.83 Å². The predicted octanol–water partition coefficient (Wildman–Crippen LogP) is 3.27. The van der Waals surface area contributed by atoms with Gasteiger partial charge in [-0.15, -0.1) is 0 Å². The summed E-state index contributed by atoms with van der Waals surface area (Å²) < 4.78 is 24.4. The number of hydrogen-bond donors (Lipinski definition) is 1. The Morgan fingerprint density at radius 3 is 2.43 bits per heavy atom. The molecule has 2 aromatic carbocycles. The monoisotopic (exact) mass is 322 g/mol. The summed E-state index contributed by atoms with van der Waals surface area (Å²) in [6.07, 6.45) is 1.43. The lowest BCUT2D eigenvalue weighted by molar-refractivity contribution is 0.584. The molecule has 0 unspecified atom stereocenters. The standard InChI is InChI=1S/C15H15ClN2O2S/c1-11-3-4-12(2)15(9-11)21(19,20)18-17-10-13-5-7-14(16)8-6-13/h3-10,18H,1-2H3/b17-10-. The highest BCUT2D eigenvalue weighted by atomic mass is 35.5. The lowest BCUT2D eigenvalue weighted by Crippen LogP contribution is -2.19. The molecular formula is C15H15ClN2O2S. The van der Waals surface area contributed by atoms with Crippen LogP contribution in [-0.2, 0) is 10.0 Å². The van der Waals surface area contributed by atoms with Crippen LogP contribution in [0.4, 0.5) is 0 Å². The van der Waals surface area contributed by atoms with Crippen molar-refractivity contribution in [3.63, 3.8) is 0 Å². The maximum absolute atomic E-state index is 12.2. The zero-order valence-corrected chi connectivity index (χ0v) is 13.2. The Morgan fingerprint density at radius 1 is 1.10 bits per heavy atom. The molecule has 0 heterocycles. The molecule has 6 heteroatoms. The number of nitrogens with one attached hydrogen (secondary N) is 1. The van der Waals surface area contributed by atoms with Gasteiger partial charge in [-0.05, 0) is 48.7 Å². The number of benzene rings is 2. The molecule has 1 N–H and O–H groups in total. The lowest BCUT2D eigenvalue weighted by Gasteiger charge is -2.07. The minimum Gasteiger partial charge on any atom is -0.200 e. The molecule has 2 aromatic rings. The summed E-state index contributed by atoms with van der Waals surface area (Å²) in [7, 11) is -3.67. The van der Waals surface area contributed by atoms with Gasteiger partial charge in [0.15, 0.2) is 0 Å². The first kappa shape index (κ1) is 15.5. The highest BCUT2D eigenvalue weighted by Crippen LogP contribution is 2.16. The Balaban J connectivity index is 2.18. The predicted molar refractivity (Wildman–Crippen MR) is 85.3 cm³/mol. The molecule has 0 aliphatic heterocycles. The smallest absolute Gasteiger partial charge is 0.200 e. The Morgan fingerprint density at radius 2 is 1.76 bits per heavy atom. The Bertz CT molecular complexity index is 769. The van der Waals surface area contributed by atoms with Crippen LogP contribution in [0.2, 0.25) is 5.02 Å². The minimum absolute atomic E-state index is 0.232.